The minimum Gasteiger partial charge on any atom is -0.493 e. The summed E-state index contributed by atoms with van der Waals surface area (Å²) in [5.41, 5.74) is 5.84. The van der Waals surface area contributed by atoms with Crippen LogP contribution >= 0.6 is 0 Å². The molecular weight excluding hydrogens is 272 g/mol. The number of nitrogens with one attached hydrogen (secondary N) is 1. The molecule has 6 heteroatoms. The monoisotopic (exact) mass is 292 g/mol. The van der Waals surface area contributed by atoms with E-state index < -0.39 is 17.9 Å². The van der Waals surface area contributed by atoms with E-state index in [0.717, 1.165) is 5.56 Å². The van der Waals surface area contributed by atoms with Crippen molar-refractivity contribution >= 4 is 17.9 Å². The van der Waals surface area contributed by atoms with E-state index in [4.69, 9.17) is 15.2 Å². The van der Waals surface area contributed by atoms with Crippen LogP contribution in [-0.2, 0) is 9.59 Å². The van der Waals surface area contributed by atoms with Gasteiger partial charge in [0, 0.05) is 6.08 Å². The van der Waals surface area contributed by atoms with Gasteiger partial charge in [0.05, 0.1) is 13.7 Å². The molecule has 3 N–H and O–H groups in total. The molecule has 0 spiro atoms. The molecule has 114 valence electrons. The molecule has 0 aliphatic heterocycles. The summed E-state index contributed by atoms with van der Waals surface area (Å²) < 4.78 is 10.6. The van der Waals surface area contributed by atoms with E-state index in [1.165, 1.54) is 13.0 Å². The van der Waals surface area contributed by atoms with Crippen LogP contribution < -0.4 is 20.5 Å². The first-order chi connectivity index (χ1) is 9.97. The molecule has 1 aromatic rings. The smallest absolute Gasteiger partial charge is 0.244 e. The molecule has 2 amide bonds. The molecule has 0 aliphatic rings. The maximum atomic E-state index is 11.6. The predicted molar refractivity (Wildman–Crippen MR) is 80.0 cm³/mol. The summed E-state index contributed by atoms with van der Waals surface area (Å²) in [5.74, 6) is 0.252. The normalized spacial score (nSPS) is 12.0. The van der Waals surface area contributed by atoms with Crippen molar-refractivity contribution in [3.8, 4) is 11.5 Å². The Morgan fingerprint density at radius 1 is 1.38 bits per heavy atom. The Morgan fingerprint density at radius 3 is 2.67 bits per heavy atom. The van der Waals surface area contributed by atoms with E-state index >= 15 is 0 Å². The Bertz CT molecular complexity index is 540. The van der Waals surface area contributed by atoms with Crippen LogP contribution in [0, 0.1) is 0 Å². The van der Waals surface area contributed by atoms with Gasteiger partial charge in [0.15, 0.2) is 11.5 Å². The number of hydrogen-bond donors (Lipinski definition) is 2. The number of ether oxygens (including phenoxy) is 2. The Labute approximate surface area is 123 Å². The summed E-state index contributed by atoms with van der Waals surface area (Å²) in [6.07, 6.45) is 2.94. The fourth-order valence-corrected chi connectivity index (χ4v) is 1.57. The zero-order valence-corrected chi connectivity index (χ0v) is 12.4. The maximum Gasteiger partial charge on any atom is 0.244 e. The SMILES string of the molecule is CCOc1ccc(/C=C/C(=O)NC(C)C(N)=O)cc1OC. The number of nitrogens with two attached hydrogens (primary N) is 1. The van der Waals surface area contributed by atoms with E-state index in [9.17, 15) is 9.59 Å². The number of carbonyl (C=O) groups excluding carboxylic acids is 2. The van der Waals surface area contributed by atoms with Crippen molar-refractivity contribution < 1.29 is 19.1 Å². The largest absolute Gasteiger partial charge is 0.493 e. The first-order valence-electron chi connectivity index (χ1n) is 6.56. The van der Waals surface area contributed by atoms with Crippen molar-refractivity contribution in [3.63, 3.8) is 0 Å². The third-order valence-electron chi connectivity index (χ3n) is 2.70. The van der Waals surface area contributed by atoms with Crippen LogP contribution in [-0.4, -0.2) is 31.6 Å². The molecule has 1 unspecified atom stereocenters. The van der Waals surface area contributed by atoms with E-state index in [0.29, 0.717) is 18.1 Å². The van der Waals surface area contributed by atoms with Gasteiger partial charge in [-0.3, -0.25) is 9.59 Å². The molecule has 0 saturated carbocycles. The standard InChI is InChI=1S/C15H20N2O4/c1-4-21-12-7-5-11(9-13(12)20-3)6-8-14(18)17-10(2)15(16)19/h5-10H,4H2,1-3H3,(H2,16,19)(H,17,18)/b8-6+. The molecule has 0 radical (unpaired) electrons. The maximum absolute atomic E-state index is 11.6. The van der Waals surface area contributed by atoms with Gasteiger partial charge in [-0.15, -0.1) is 0 Å². The van der Waals surface area contributed by atoms with Gasteiger partial charge in [-0.1, -0.05) is 6.07 Å². The average Bonchev–Trinajstić information content (AvgIpc) is 2.46. The molecule has 0 bridgehead atoms. The molecule has 0 aromatic heterocycles. The van der Waals surface area contributed by atoms with Gasteiger partial charge in [-0.05, 0) is 37.6 Å². The quantitative estimate of drug-likeness (QED) is 0.736. The summed E-state index contributed by atoms with van der Waals surface area (Å²) in [7, 11) is 1.55. The number of amides is 2. The number of carbonyl (C=O) groups is 2. The Morgan fingerprint density at radius 2 is 2.10 bits per heavy atom. The fourth-order valence-electron chi connectivity index (χ4n) is 1.57. The second-order valence-corrected chi connectivity index (χ2v) is 4.31. The van der Waals surface area contributed by atoms with Gasteiger partial charge >= 0.3 is 0 Å². The molecule has 1 rings (SSSR count). The van der Waals surface area contributed by atoms with E-state index in [-0.39, 0.29) is 0 Å². The Balaban J connectivity index is 2.76. The predicted octanol–water partition coefficient (Wildman–Crippen LogP) is 1.10. The molecule has 0 heterocycles. The van der Waals surface area contributed by atoms with Crippen LogP contribution in [0.25, 0.3) is 6.08 Å². The van der Waals surface area contributed by atoms with Gasteiger partial charge in [0.25, 0.3) is 0 Å². The van der Waals surface area contributed by atoms with E-state index in [1.54, 1.807) is 31.4 Å². The Kier molecular flexibility index (Phi) is 6.26. The first kappa shape index (κ1) is 16.6. The molecule has 1 atom stereocenters. The van der Waals surface area contributed by atoms with Crippen LogP contribution in [0.4, 0.5) is 0 Å². The van der Waals surface area contributed by atoms with E-state index in [1.807, 2.05) is 6.92 Å². The molecule has 0 fully saturated rings. The van der Waals surface area contributed by atoms with Crippen LogP contribution in [0.5, 0.6) is 11.5 Å². The lowest BCUT2D eigenvalue weighted by atomic mass is 10.2. The number of methoxy groups -OCH3 is 1. The van der Waals surface area contributed by atoms with Crippen molar-refractivity contribution in [2.75, 3.05) is 13.7 Å². The van der Waals surface area contributed by atoms with Crippen LogP contribution in [0.3, 0.4) is 0 Å². The van der Waals surface area contributed by atoms with Gasteiger partial charge < -0.3 is 20.5 Å². The minimum absolute atomic E-state index is 0.394. The molecular formula is C15H20N2O4. The van der Waals surface area contributed by atoms with Crippen molar-refractivity contribution in [3.05, 3.63) is 29.8 Å². The van der Waals surface area contributed by atoms with Gasteiger partial charge in [-0.2, -0.15) is 0 Å². The molecule has 0 saturated heterocycles. The summed E-state index contributed by atoms with van der Waals surface area (Å²) in [5, 5.41) is 2.45. The summed E-state index contributed by atoms with van der Waals surface area (Å²) >= 11 is 0. The lowest BCUT2D eigenvalue weighted by Gasteiger charge is -2.09. The van der Waals surface area contributed by atoms with Gasteiger partial charge in [-0.25, -0.2) is 0 Å². The van der Waals surface area contributed by atoms with Gasteiger partial charge in [0.2, 0.25) is 11.8 Å². The highest BCUT2D eigenvalue weighted by Gasteiger charge is 2.09. The van der Waals surface area contributed by atoms with Crippen molar-refractivity contribution in [1.29, 1.82) is 0 Å². The topological polar surface area (TPSA) is 90.6 Å². The highest BCUT2D eigenvalue weighted by molar-refractivity contribution is 5.95. The number of primary amides is 1. The minimum atomic E-state index is -0.711. The lowest BCUT2D eigenvalue weighted by Crippen LogP contribution is -2.41. The third kappa shape index (κ3) is 5.18. The van der Waals surface area contributed by atoms with Crippen LogP contribution in [0.1, 0.15) is 19.4 Å². The summed E-state index contributed by atoms with van der Waals surface area (Å²) in [6.45, 7) is 3.95. The van der Waals surface area contributed by atoms with Crippen LogP contribution in [0.2, 0.25) is 0 Å². The molecule has 1 aromatic carbocycles. The number of rotatable bonds is 7. The molecule has 21 heavy (non-hydrogen) atoms. The third-order valence-corrected chi connectivity index (χ3v) is 2.70. The zero-order chi connectivity index (χ0) is 15.8. The van der Waals surface area contributed by atoms with Crippen LogP contribution in [0.15, 0.2) is 24.3 Å². The van der Waals surface area contributed by atoms with Gasteiger partial charge in [0.1, 0.15) is 6.04 Å². The molecule has 6 nitrogen and oxygen atoms in total. The summed E-state index contributed by atoms with van der Waals surface area (Å²) in [4.78, 5) is 22.4. The lowest BCUT2D eigenvalue weighted by molar-refractivity contribution is -0.124. The molecule has 0 aliphatic carbocycles. The van der Waals surface area contributed by atoms with Crippen molar-refractivity contribution in [2.45, 2.75) is 19.9 Å². The van der Waals surface area contributed by atoms with Crippen molar-refractivity contribution in [1.82, 2.24) is 5.32 Å². The zero-order valence-electron chi connectivity index (χ0n) is 12.4. The highest BCUT2D eigenvalue weighted by atomic mass is 16.5. The average molecular weight is 292 g/mol. The highest BCUT2D eigenvalue weighted by Crippen LogP contribution is 2.28. The second kappa shape index (κ2) is 7.94. The fraction of sp³-hybridized carbons (Fsp3) is 0.333. The first-order valence-corrected chi connectivity index (χ1v) is 6.56. The number of benzene rings is 1. The second-order valence-electron chi connectivity index (χ2n) is 4.31. The number of hydrogen-bond acceptors (Lipinski definition) is 4. The Hall–Kier alpha value is -2.50. The van der Waals surface area contributed by atoms with E-state index in [2.05, 4.69) is 5.32 Å². The van der Waals surface area contributed by atoms with Crippen molar-refractivity contribution in [2.24, 2.45) is 5.73 Å². The summed E-state index contributed by atoms with van der Waals surface area (Å²) in [6, 6.07) is 4.62.